The zero-order chi connectivity index (χ0) is 11.2. The second-order valence-corrected chi connectivity index (χ2v) is 5.16. The average molecular weight is 206 g/mol. The van der Waals surface area contributed by atoms with Gasteiger partial charge in [-0.2, -0.15) is 0 Å². The predicted molar refractivity (Wildman–Crippen MR) is 59.3 cm³/mol. The number of hydrogen-bond donors (Lipinski definition) is 1. The molecule has 0 spiro atoms. The molecule has 4 atom stereocenters. The van der Waals surface area contributed by atoms with E-state index < -0.39 is 5.60 Å². The van der Waals surface area contributed by atoms with Crippen LogP contribution in [-0.4, -0.2) is 16.5 Å². The van der Waals surface area contributed by atoms with Crippen molar-refractivity contribution in [2.24, 2.45) is 17.8 Å². The second kappa shape index (κ2) is 3.31. The molecule has 0 amide bonds. The van der Waals surface area contributed by atoms with Crippen molar-refractivity contribution in [2.45, 2.75) is 32.8 Å². The molecular formula is C13H18O2. The van der Waals surface area contributed by atoms with Crippen LogP contribution in [-0.2, 0) is 4.79 Å². The van der Waals surface area contributed by atoms with E-state index in [9.17, 15) is 9.90 Å². The number of allylic oxidation sites excluding steroid dienone is 3. The van der Waals surface area contributed by atoms with Gasteiger partial charge in [-0.3, -0.25) is 4.79 Å². The zero-order valence-corrected chi connectivity index (χ0v) is 9.53. The lowest BCUT2D eigenvalue weighted by Crippen LogP contribution is -2.35. The Morgan fingerprint density at radius 1 is 1.53 bits per heavy atom. The van der Waals surface area contributed by atoms with Crippen LogP contribution in [0.15, 0.2) is 23.8 Å². The van der Waals surface area contributed by atoms with E-state index in [2.05, 4.69) is 12.2 Å². The molecule has 1 N–H and O–H groups in total. The van der Waals surface area contributed by atoms with Crippen LogP contribution in [0.5, 0.6) is 0 Å². The fourth-order valence-electron chi connectivity index (χ4n) is 2.70. The summed E-state index contributed by atoms with van der Waals surface area (Å²) in [4.78, 5) is 12.0. The minimum Gasteiger partial charge on any atom is -0.378 e. The summed E-state index contributed by atoms with van der Waals surface area (Å²) in [7, 11) is 0. The first-order valence-electron chi connectivity index (χ1n) is 5.53. The van der Waals surface area contributed by atoms with Gasteiger partial charge in [-0.25, -0.2) is 0 Å². The first kappa shape index (κ1) is 10.6. The van der Waals surface area contributed by atoms with Crippen molar-refractivity contribution in [2.75, 3.05) is 0 Å². The molecule has 2 aliphatic carbocycles. The summed E-state index contributed by atoms with van der Waals surface area (Å²) in [5.74, 6) is 0.952. The molecule has 0 saturated heterocycles. The number of aliphatic hydroxyl groups is 1. The topological polar surface area (TPSA) is 37.3 Å². The van der Waals surface area contributed by atoms with E-state index in [4.69, 9.17) is 0 Å². The van der Waals surface area contributed by atoms with E-state index in [1.807, 2.05) is 13.8 Å². The van der Waals surface area contributed by atoms with Gasteiger partial charge in [-0.05, 0) is 45.1 Å². The van der Waals surface area contributed by atoms with Crippen LogP contribution < -0.4 is 0 Å². The fraction of sp³-hybridized carbons (Fsp3) is 0.615. The fourth-order valence-corrected chi connectivity index (χ4v) is 2.70. The van der Waals surface area contributed by atoms with Gasteiger partial charge in [0.1, 0.15) is 5.60 Å². The largest absolute Gasteiger partial charge is 0.378 e. The number of rotatable bonds is 3. The molecule has 1 fully saturated rings. The molecule has 0 aromatic carbocycles. The van der Waals surface area contributed by atoms with Gasteiger partial charge in [0.2, 0.25) is 0 Å². The number of hydrogen-bond acceptors (Lipinski definition) is 2. The van der Waals surface area contributed by atoms with Gasteiger partial charge >= 0.3 is 0 Å². The van der Waals surface area contributed by atoms with Crippen LogP contribution in [0.25, 0.3) is 0 Å². The molecule has 0 heterocycles. The Bertz CT molecular complexity index is 346. The van der Waals surface area contributed by atoms with Crippen molar-refractivity contribution >= 4 is 5.78 Å². The van der Waals surface area contributed by atoms with Crippen LogP contribution in [0.2, 0.25) is 0 Å². The summed E-state index contributed by atoms with van der Waals surface area (Å²) in [5.41, 5.74) is -0.295. The number of Topliss-reactive ketones (excluding diaryl/α,β-unsaturated/α-hetero) is 1. The molecule has 0 aromatic heterocycles. The lowest BCUT2D eigenvalue weighted by molar-refractivity contribution is -0.133. The molecule has 2 rings (SSSR count). The Morgan fingerprint density at radius 3 is 2.67 bits per heavy atom. The molecular weight excluding hydrogens is 188 g/mol. The molecule has 82 valence electrons. The van der Waals surface area contributed by atoms with E-state index in [-0.39, 0.29) is 11.7 Å². The molecule has 0 aromatic rings. The first-order chi connectivity index (χ1) is 6.93. The highest BCUT2D eigenvalue weighted by Crippen LogP contribution is 2.55. The molecule has 0 radical (unpaired) electrons. The maximum Gasteiger partial charge on any atom is 0.171 e. The second-order valence-electron chi connectivity index (χ2n) is 5.16. The Kier molecular flexibility index (Phi) is 2.34. The van der Waals surface area contributed by atoms with E-state index in [1.54, 1.807) is 13.0 Å². The minimum absolute atomic E-state index is 0.0111. The molecule has 15 heavy (non-hydrogen) atoms. The number of carbonyl (C=O) groups is 1. The maximum absolute atomic E-state index is 12.0. The van der Waals surface area contributed by atoms with Crippen molar-refractivity contribution in [1.29, 1.82) is 0 Å². The quantitative estimate of drug-likeness (QED) is 0.718. The summed E-state index contributed by atoms with van der Waals surface area (Å²) in [6.45, 7) is 5.39. The molecule has 1 saturated carbocycles. The molecule has 2 aliphatic rings. The van der Waals surface area contributed by atoms with Crippen molar-refractivity contribution < 1.29 is 9.90 Å². The highest BCUT2D eigenvalue weighted by atomic mass is 16.3. The van der Waals surface area contributed by atoms with E-state index in [1.165, 1.54) is 0 Å². The molecule has 0 bridgehead atoms. The summed E-state index contributed by atoms with van der Waals surface area (Å²) in [6, 6.07) is 0. The maximum atomic E-state index is 12.0. The van der Waals surface area contributed by atoms with Crippen molar-refractivity contribution in [3.63, 3.8) is 0 Å². The number of ketones is 1. The van der Waals surface area contributed by atoms with Crippen molar-refractivity contribution in [3.8, 4) is 0 Å². The Hall–Kier alpha value is -0.890. The van der Waals surface area contributed by atoms with Crippen LogP contribution in [0.3, 0.4) is 0 Å². The molecule has 2 nitrogen and oxygen atoms in total. The summed E-state index contributed by atoms with van der Waals surface area (Å²) < 4.78 is 0. The van der Waals surface area contributed by atoms with Crippen LogP contribution in [0.1, 0.15) is 27.2 Å². The van der Waals surface area contributed by atoms with E-state index in [0.717, 1.165) is 12.0 Å². The molecule has 2 heteroatoms. The smallest absolute Gasteiger partial charge is 0.171 e. The Balaban J connectivity index is 2.09. The normalized spacial score (nSPS) is 35.6. The van der Waals surface area contributed by atoms with Gasteiger partial charge in [-0.15, -0.1) is 0 Å². The third-order valence-electron chi connectivity index (χ3n) is 3.37. The SMILES string of the molecule is CC(C)=CC(C)(O)C(=O)[C@@H]1[C@H]2C=CC[C@H]21. The highest BCUT2D eigenvalue weighted by molar-refractivity contribution is 5.94. The Morgan fingerprint density at radius 2 is 2.20 bits per heavy atom. The van der Waals surface area contributed by atoms with Crippen molar-refractivity contribution in [1.82, 2.24) is 0 Å². The van der Waals surface area contributed by atoms with E-state index in [0.29, 0.717) is 11.8 Å². The lowest BCUT2D eigenvalue weighted by Gasteiger charge is -2.18. The third-order valence-corrected chi connectivity index (χ3v) is 3.37. The van der Waals surface area contributed by atoms with Gasteiger partial charge in [0.15, 0.2) is 5.78 Å². The summed E-state index contributed by atoms with van der Waals surface area (Å²) >= 11 is 0. The number of fused-ring (bicyclic) bond motifs is 1. The molecule has 1 unspecified atom stereocenters. The van der Waals surface area contributed by atoms with Crippen LogP contribution in [0, 0.1) is 17.8 Å². The van der Waals surface area contributed by atoms with E-state index >= 15 is 0 Å². The third kappa shape index (κ3) is 1.78. The highest BCUT2D eigenvalue weighted by Gasteiger charge is 2.57. The predicted octanol–water partition coefficient (Wildman–Crippen LogP) is 2.09. The van der Waals surface area contributed by atoms with Crippen molar-refractivity contribution in [3.05, 3.63) is 23.8 Å². The minimum atomic E-state index is -1.28. The van der Waals surface area contributed by atoms with Gasteiger partial charge in [0.25, 0.3) is 0 Å². The first-order valence-corrected chi connectivity index (χ1v) is 5.53. The van der Waals surface area contributed by atoms with Gasteiger partial charge in [-0.1, -0.05) is 17.7 Å². The van der Waals surface area contributed by atoms with Gasteiger partial charge < -0.3 is 5.11 Å². The lowest BCUT2D eigenvalue weighted by atomic mass is 9.93. The molecule has 0 aliphatic heterocycles. The van der Waals surface area contributed by atoms with Gasteiger partial charge in [0, 0.05) is 5.92 Å². The standard InChI is InChI=1S/C13H18O2/c1-8(2)7-13(3,15)12(14)11-9-5-4-6-10(9)11/h4-5,7,9-11,15H,6H2,1-3H3/t9-,10+,11+,13?/m0/s1. The zero-order valence-electron chi connectivity index (χ0n) is 9.53. The monoisotopic (exact) mass is 206 g/mol. The summed E-state index contributed by atoms with van der Waals surface area (Å²) in [6.07, 6.45) is 6.92. The van der Waals surface area contributed by atoms with Crippen LogP contribution >= 0.6 is 0 Å². The van der Waals surface area contributed by atoms with Gasteiger partial charge in [0.05, 0.1) is 0 Å². The average Bonchev–Trinajstić information content (AvgIpc) is 2.54. The van der Waals surface area contributed by atoms with Crippen LogP contribution in [0.4, 0.5) is 0 Å². The summed E-state index contributed by atoms with van der Waals surface area (Å²) in [5, 5.41) is 10.1. The Labute approximate surface area is 90.7 Å². The number of carbonyl (C=O) groups excluding carboxylic acids is 1.